The molecule has 8 heteroatoms. The highest BCUT2D eigenvalue weighted by Gasteiger charge is 2.25. The summed E-state index contributed by atoms with van der Waals surface area (Å²) in [7, 11) is -1.91. The van der Waals surface area contributed by atoms with Crippen molar-refractivity contribution in [3.05, 3.63) is 53.8 Å². The maximum Gasteiger partial charge on any atom is 0.242 e. The average Bonchev–Trinajstić information content (AvgIpc) is 3.43. The Balaban J connectivity index is 1.67. The number of imidazole rings is 1. The molecule has 1 heterocycles. The van der Waals surface area contributed by atoms with Gasteiger partial charge in [0.25, 0.3) is 0 Å². The van der Waals surface area contributed by atoms with Crippen molar-refractivity contribution in [2.24, 2.45) is 0 Å². The summed E-state index contributed by atoms with van der Waals surface area (Å²) in [5.41, 5.74) is 2.72. The summed E-state index contributed by atoms with van der Waals surface area (Å²) in [4.78, 5) is 5.14. The molecule has 0 aliphatic heterocycles. The van der Waals surface area contributed by atoms with Crippen molar-refractivity contribution in [3.63, 3.8) is 0 Å². The Labute approximate surface area is 194 Å². The van der Waals surface area contributed by atoms with E-state index >= 15 is 0 Å². The lowest BCUT2D eigenvalue weighted by atomic mass is 10.2. The van der Waals surface area contributed by atoms with Gasteiger partial charge in [0.15, 0.2) is 5.16 Å². The lowest BCUT2D eigenvalue weighted by Crippen LogP contribution is -2.27. The van der Waals surface area contributed by atoms with E-state index in [-0.39, 0.29) is 10.7 Å². The first-order valence-corrected chi connectivity index (χ1v) is 13.7. The molecular weight excluding hydrogens is 445 g/mol. The summed E-state index contributed by atoms with van der Waals surface area (Å²) in [6, 6.07) is 12.2. The zero-order valence-corrected chi connectivity index (χ0v) is 20.3. The van der Waals surface area contributed by atoms with Crippen LogP contribution in [0, 0.1) is 5.82 Å². The molecule has 0 unspecified atom stereocenters. The monoisotopic (exact) mass is 475 g/mol. The molecule has 1 saturated carbocycles. The van der Waals surface area contributed by atoms with E-state index in [4.69, 9.17) is 4.98 Å². The van der Waals surface area contributed by atoms with Gasteiger partial charge in [0, 0.05) is 25.4 Å². The summed E-state index contributed by atoms with van der Waals surface area (Å²) in [6.07, 6.45) is 6.38. The lowest BCUT2D eigenvalue weighted by molar-refractivity contribution is 0.459. The van der Waals surface area contributed by atoms with Crippen LogP contribution in [0.15, 0.2) is 52.5 Å². The standard InChI is InChI=1S/C24H30FN3O2S2/c1-3-4-15-27(2)32(29,30)21-13-14-23-22(16-21)26-24(28(23)20-7-5-6-8-20)31-17-18-9-11-19(25)12-10-18/h9-14,16,20H,3-8,15,17H2,1-2H3. The topological polar surface area (TPSA) is 55.2 Å². The van der Waals surface area contributed by atoms with E-state index in [9.17, 15) is 12.8 Å². The second kappa shape index (κ2) is 9.93. The first-order chi connectivity index (χ1) is 15.4. The molecular formula is C24H30FN3O2S2. The molecule has 172 valence electrons. The van der Waals surface area contributed by atoms with Crippen LogP contribution < -0.4 is 0 Å². The predicted octanol–water partition coefficient (Wildman–Crippen LogP) is 6.00. The number of aromatic nitrogens is 2. The Bertz CT molecular complexity index is 1170. The van der Waals surface area contributed by atoms with Crippen LogP contribution in [-0.2, 0) is 15.8 Å². The van der Waals surface area contributed by atoms with Crippen molar-refractivity contribution in [3.8, 4) is 0 Å². The third-order valence-corrected chi connectivity index (χ3v) is 9.01. The van der Waals surface area contributed by atoms with Crippen LogP contribution >= 0.6 is 11.8 Å². The molecule has 1 aliphatic rings. The Morgan fingerprint density at radius 3 is 2.56 bits per heavy atom. The second-order valence-corrected chi connectivity index (χ2v) is 11.4. The second-order valence-electron chi connectivity index (χ2n) is 8.45. The highest BCUT2D eigenvalue weighted by Crippen LogP contribution is 2.38. The summed E-state index contributed by atoms with van der Waals surface area (Å²) < 4.78 is 43.0. The number of thioether (sulfide) groups is 1. The van der Waals surface area contributed by atoms with Gasteiger partial charge in [-0.05, 0) is 55.2 Å². The number of fused-ring (bicyclic) bond motifs is 1. The minimum Gasteiger partial charge on any atom is -0.316 e. The fourth-order valence-corrected chi connectivity index (χ4v) is 6.51. The van der Waals surface area contributed by atoms with E-state index in [1.165, 1.54) is 29.3 Å². The Morgan fingerprint density at radius 2 is 1.88 bits per heavy atom. The van der Waals surface area contributed by atoms with Gasteiger partial charge in [-0.25, -0.2) is 22.1 Å². The molecule has 0 spiro atoms. The molecule has 1 aromatic heterocycles. The number of benzene rings is 2. The fourth-order valence-electron chi connectivity index (χ4n) is 4.24. The van der Waals surface area contributed by atoms with Crippen molar-refractivity contribution in [2.75, 3.05) is 13.6 Å². The molecule has 2 aromatic carbocycles. The number of hydrogen-bond donors (Lipinski definition) is 0. The molecule has 1 fully saturated rings. The SMILES string of the molecule is CCCCN(C)S(=O)(=O)c1ccc2c(c1)nc(SCc1ccc(F)cc1)n2C1CCCC1. The first kappa shape index (κ1) is 23.3. The lowest BCUT2D eigenvalue weighted by Gasteiger charge is -2.18. The number of sulfonamides is 1. The van der Waals surface area contributed by atoms with Gasteiger partial charge in [-0.2, -0.15) is 0 Å². The molecule has 3 aromatic rings. The highest BCUT2D eigenvalue weighted by molar-refractivity contribution is 7.98. The van der Waals surface area contributed by atoms with Crippen LogP contribution in [0.25, 0.3) is 11.0 Å². The molecule has 0 bridgehead atoms. The average molecular weight is 476 g/mol. The van der Waals surface area contributed by atoms with Gasteiger partial charge < -0.3 is 4.57 Å². The van der Waals surface area contributed by atoms with Crippen molar-refractivity contribution >= 4 is 32.8 Å². The van der Waals surface area contributed by atoms with Gasteiger partial charge in [-0.1, -0.05) is 50.1 Å². The Kier molecular flexibility index (Phi) is 7.22. The summed E-state index contributed by atoms with van der Waals surface area (Å²) in [5, 5.41) is 0.894. The van der Waals surface area contributed by atoms with Gasteiger partial charge in [0.2, 0.25) is 10.0 Å². The van der Waals surface area contributed by atoms with E-state index in [0.717, 1.165) is 41.9 Å². The van der Waals surface area contributed by atoms with Crippen LogP contribution in [0.2, 0.25) is 0 Å². The van der Waals surface area contributed by atoms with Crippen LogP contribution in [0.5, 0.6) is 0 Å². The maximum absolute atomic E-state index is 13.2. The van der Waals surface area contributed by atoms with Crippen LogP contribution in [0.4, 0.5) is 4.39 Å². The number of halogens is 1. The summed E-state index contributed by atoms with van der Waals surface area (Å²) in [6.45, 7) is 2.56. The normalized spacial score (nSPS) is 15.2. The zero-order valence-electron chi connectivity index (χ0n) is 18.6. The molecule has 0 N–H and O–H groups in total. The molecule has 0 amide bonds. The minimum atomic E-state index is -3.54. The van der Waals surface area contributed by atoms with Crippen LogP contribution in [0.1, 0.15) is 57.1 Å². The highest BCUT2D eigenvalue weighted by atomic mass is 32.2. The van der Waals surface area contributed by atoms with E-state index < -0.39 is 10.0 Å². The number of nitrogens with zero attached hydrogens (tertiary/aromatic N) is 3. The quantitative estimate of drug-likeness (QED) is 0.356. The zero-order chi connectivity index (χ0) is 22.7. The maximum atomic E-state index is 13.2. The molecule has 4 rings (SSSR count). The van der Waals surface area contributed by atoms with Crippen molar-refractivity contribution in [1.82, 2.24) is 13.9 Å². The molecule has 32 heavy (non-hydrogen) atoms. The summed E-state index contributed by atoms with van der Waals surface area (Å²) in [5.74, 6) is 0.441. The minimum absolute atomic E-state index is 0.241. The third kappa shape index (κ3) is 4.87. The summed E-state index contributed by atoms with van der Waals surface area (Å²) >= 11 is 1.62. The first-order valence-electron chi connectivity index (χ1n) is 11.3. The van der Waals surface area contributed by atoms with Crippen molar-refractivity contribution in [1.29, 1.82) is 0 Å². The molecule has 0 saturated heterocycles. The Hall–Kier alpha value is -1.90. The van der Waals surface area contributed by atoms with Gasteiger partial charge in [-0.3, -0.25) is 0 Å². The van der Waals surface area contributed by atoms with Gasteiger partial charge >= 0.3 is 0 Å². The van der Waals surface area contributed by atoms with Crippen molar-refractivity contribution < 1.29 is 12.8 Å². The van der Waals surface area contributed by atoms with E-state index in [2.05, 4.69) is 4.57 Å². The largest absolute Gasteiger partial charge is 0.316 e. The fraction of sp³-hybridized carbons (Fsp3) is 0.458. The number of unbranched alkanes of at least 4 members (excludes halogenated alkanes) is 1. The molecule has 1 aliphatic carbocycles. The number of rotatable bonds is 9. The van der Waals surface area contributed by atoms with Crippen molar-refractivity contribution in [2.45, 2.75) is 67.3 Å². The van der Waals surface area contributed by atoms with Crippen LogP contribution in [0.3, 0.4) is 0 Å². The molecule has 0 atom stereocenters. The number of hydrogen-bond acceptors (Lipinski definition) is 4. The van der Waals surface area contributed by atoms with E-state index in [1.54, 1.807) is 43.1 Å². The van der Waals surface area contributed by atoms with Gasteiger partial charge in [0.05, 0.1) is 15.9 Å². The van der Waals surface area contributed by atoms with Gasteiger partial charge in [-0.15, -0.1) is 0 Å². The molecule has 0 radical (unpaired) electrons. The van der Waals surface area contributed by atoms with Crippen LogP contribution in [-0.4, -0.2) is 35.9 Å². The third-order valence-electron chi connectivity index (χ3n) is 6.13. The Morgan fingerprint density at radius 1 is 1.16 bits per heavy atom. The van der Waals surface area contributed by atoms with E-state index in [1.807, 2.05) is 13.0 Å². The smallest absolute Gasteiger partial charge is 0.242 e. The predicted molar refractivity (Wildman–Crippen MR) is 128 cm³/mol. The van der Waals surface area contributed by atoms with Gasteiger partial charge in [0.1, 0.15) is 5.82 Å². The van der Waals surface area contributed by atoms with E-state index in [0.29, 0.717) is 23.9 Å². The molecule has 5 nitrogen and oxygen atoms in total.